The predicted octanol–water partition coefficient (Wildman–Crippen LogP) is 1.13. The van der Waals surface area contributed by atoms with E-state index in [-0.39, 0.29) is 0 Å². The Kier molecular flexibility index (Phi) is 4.40. The summed E-state index contributed by atoms with van der Waals surface area (Å²) in [6, 6.07) is 0.301. The Morgan fingerprint density at radius 2 is 1.90 bits per heavy atom. The second kappa shape index (κ2) is 6.28. The summed E-state index contributed by atoms with van der Waals surface area (Å²) in [4.78, 5) is 14.3. The highest BCUT2D eigenvalue weighted by atomic mass is 15.3. The van der Waals surface area contributed by atoms with Gasteiger partial charge in [-0.15, -0.1) is 0 Å². The molecule has 1 aliphatic heterocycles. The summed E-state index contributed by atoms with van der Waals surface area (Å²) in [7, 11) is 0. The van der Waals surface area contributed by atoms with Gasteiger partial charge in [-0.1, -0.05) is 6.92 Å². The fourth-order valence-electron chi connectivity index (χ4n) is 3.34. The molecule has 1 atom stereocenters. The van der Waals surface area contributed by atoms with E-state index in [1.54, 1.807) is 0 Å². The van der Waals surface area contributed by atoms with E-state index in [9.17, 15) is 0 Å². The van der Waals surface area contributed by atoms with Crippen molar-refractivity contribution in [2.45, 2.75) is 45.6 Å². The molecule has 5 nitrogen and oxygen atoms in total. The average molecular weight is 289 g/mol. The lowest BCUT2D eigenvalue weighted by Gasteiger charge is -2.36. The van der Waals surface area contributed by atoms with Crippen molar-refractivity contribution in [1.29, 1.82) is 0 Å². The summed E-state index contributed by atoms with van der Waals surface area (Å²) in [5.74, 6) is 0.938. The van der Waals surface area contributed by atoms with Crippen LogP contribution < -0.4 is 10.6 Å². The highest BCUT2D eigenvalue weighted by Crippen LogP contribution is 2.25. The number of nitrogens with zero attached hydrogens (tertiary/aromatic N) is 4. The second-order valence-electron chi connectivity index (χ2n) is 6.34. The van der Waals surface area contributed by atoms with Crippen LogP contribution in [0.25, 0.3) is 0 Å². The van der Waals surface area contributed by atoms with Crippen LogP contribution in [0.3, 0.4) is 0 Å². The third-order valence-corrected chi connectivity index (χ3v) is 4.80. The maximum absolute atomic E-state index is 6.05. The van der Waals surface area contributed by atoms with Gasteiger partial charge in [0.2, 0.25) is 5.95 Å². The van der Waals surface area contributed by atoms with E-state index in [1.807, 2.05) is 0 Å². The van der Waals surface area contributed by atoms with Gasteiger partial charge in [-0.3, -0.25) is 4.90 Å². The van der Waals surface area contributed by atoms with Gasteiger partial charge in [-0.25, -0.2) is 9.97 Å². The van der Waals surface area contributed by atoms with Crippen molar-refractivity contribution in [2.75, 3.05) is 37.6 Å². The van der Waals surface area contributed by atoms with Crippen molar-refractivity contribution in [3.63, 3.8) is 0 Å². The number of hydrogen-bond acceptors (Lipinski definition) is 5. The predicted molar refractivity (Wildman–Crippen MR) is 85.7 cm³/mol. The summed E-state index contributed by atoms with van der Waals surface area (Å²) in [5, 5.41) is 0. The molecule has 0 amide bonds. The second-order valence-corrected chi connectivity index (χ2v) is 6.34. The molecule has 1 fully saturated rings. The lowest BCUT2D eigenvalue weighted by Crippen LogP contribution is -2.50. The fourth-order valence-corrected chi connectivity index (χ4v) is 3.34. The van der Waals surface area contributed by atoms with Gasteiger partial charge in [-0.05, 0) is 38.2 Å². The van der Waals surface area contributed by atoms with Gasteiger partial charge in [0.15, 0.2) is 0 Å². The van der Waals surface area contributed by atoms with Crippen LogP contribution >= 0.6 is 0 Å². The largest absolute Gasteiger partial charge is 0.338 e. The van der Waals surface area contributed by atoms with Crippen LogP contribution in [0.15, 0.2) is 0 Å². The molecule has 0 bridgehead atoms. The monoisotopic (exact) mass is 289 g/mol. The highest BCUT2D eigenvalue weighted by molar-refractivity contribution is 5.39. The van der Waals surface area contributed by atoms with Gasteiger partial charge < -0.3 is 10.6 Å². The zero-order valence-electron chi connectivity index (χ0n) is 13.3. The number of fused-ring (bicyclic) bond motifs is 1. The summed E-state index contributed by atoms with van der Waals surface area (Å²) in [5.41, 5.74) is 9.91. The molecule has 2 heterocycles. The average Bonchev–Trinajstić information content (AvgIpc) is 2.97. The van der Waals surface area contributed by atoms with Gasteiger partial charge in [0.05, 0.1) is 0 Å². The van der Waals surface area contributed by atoms with Gasteiger partial charge in [-0.2, -0.15) is 0 Å². The molecule has 3 rings (SSSR count). The van der Waals surface area contributed by atoms with Crippen LogP contribution in [0.2, 0.25) is 0 Å². The zero-order chi connectivity index (χ0) is 14.8. The molecule has 1 unspecified atom stereocenters. The van der Waals surface area contributed by atoms with Crippen molar-refractivity contribution < 1.29 is 0 Å². The van der Waals surface area contributed by atoms with E-state index in [0.29, 0.717) is 6.04 Å². The van der Waals surface area contributed by atoms with Gasteiger partial charge in [0.25, 0.3) is 0 Å². The normalized spacial score (nSPS) is 20.6. The number of hydrogen-bond donors (Lipinski definition) is 1. The highest BCUT2D eigenvalue weighted by Gasteiger charge is 2.23. The van der Waals surface area contributed by atoms with Crippen LogP contribution in [0.5, 0.6) is 0 Å². The van der Waals surface area contributed by atoms with Crippen LogP contribution in [0, 0.1) is 6.92 Å². The molecule has 0 saturated carbocycles. The summed E-state index contributed by atoms with van der Waals surface area (Å²) >= 11 is 0. The summed E-state index contributed by atoms with van der Waals surface area (Å²) in [6.07, 6.45) is 4.56. The molecular weight excluding hydrogens is 262 g/mol. The molecule has 2 N–H and O–H groups in total. The molecule has 2 aliphatic rings. The molecule has 116 valence electrons. The number of piperazine rings is 1. The first kappa shape index (κ1) is 14.7. The van der Waals surface area contributed by atoms with Crippen molar-refractivity contribution >= 4 is 5.95 Å². The molecule has 1 aromatic heterocycles. The molecule has 1 aliphatic carbocycles. The third-order valence-electron chi connectivity index (χ3n) is 4.80. The minimum atomic E-state index is 0.301. The number of nitrogens with two attached hydrogens (primary N) is 1. The zero-order valence-corrected chi connectivity index (χ0v) is 13.3. The Balaban J connectivity index is 1.63. The molecule has 1 saturated heterocycles. The SMILES string of the molecule is CCC(N)CN1CCN(c2nc(C)c3c(n2)CCC3)CC1. The van der Waals surface area contributed by atoms with Crippen molar-refractivity contribution in [3.05, 3.63) is 17.0 Å². The fraction of sp³-hybridized carbons (Fsp3) is 0.750. The Bertz CT molecular complexity index is 494. The molecule has 0 spiro atoms. The molecular formula is C16H27N5. The summed E-state index contributed by atoms with van der Waals surface area (Å²) in [6.45, 7) is 9.44. The smallest absolute Gasteiger partial charge is 0.225 e. The van der Waals surface area contributed by atoms with Crippen LogP contribution in [-0.2, 0) is 12.8 Å². The van der Waals surface area contributed by atoms with Crippen LogP contribution in [0.4, 0.5) is 5.95 Å². The van der Waals surface area contributed by atoms with Gasteiger partial charge in [0.1, 0.15) is 0 Å². The van der Waals surface area contributed by atoms with E-state index in [4.69, 9.17) is 15.7 Å². The maximum Gasteiger partial charge on any atom is 0.225 e. The summed E-state index contributed by atoms with van der Waals surface area (Å²) < 4.78 is 0. The van der Waals surface area contributed by atoms with E-state index in [0.717, 1.165) is 57.9 Å². The van der Waals surface area contributed by atoms with E-state index in [1.165, 1.54) is 23.4 Å². The van der Waals surface area contributed by atoms with Crippen molar-refractivity contribution in [3.8, 4) is 0 Å². The first-order chi connectivity index (χ1) is 10.2. The number of anilines is 1. The van der Waals surface area contributed by atoms with Crippen molar-refractivity contribution in [2.24, 2.45) is 5.73 Å². The molecule has 5 heteroatoms. The van der Waals surface area contributed by atoms with Gasteiger partial charge in [0, 0.05) is 50.2 Å². The van der Waals surface area contributed by atoms with Crippen molar-refractivity contribution in [1.82, 2.24) is 14.9 Å². The van der Waals surface area contributed by atoms with E-state index in [2.05, 4.69) is 23.6 Å². The Morgan fingerprint density at radius 3 is 2.62 bits per heavy atom. The minimum absolute atomic E-state index is 0.301. The van der Waals surface area contributed by atoms with Crippen LogP contribution in [0.1, 0.15) is 36.7 Å². The molecule has 0 aromatic carbocycles. The standard InChI is InChI=1S/C16H27N5/c1-3-13(17)11-20-7-9-21(10-8-20)16-18-12(2)14-5-4-6-15(14)19-16/h13H,3-11,17H2,1-2H3. The quantitative estimate of drug-likeness (QED) is 0.900. The van der Waals surface area contributed by atoms with Gasteiger partial charge >= 0.3 is 0 Å². The molecule has 21 heavy (non-hydrogen) atoms. The minimum Gasteiger partial charge on any atom is -0.338 e. The molecule has 1 aromatic rings. The third kappa shape index (κ3) is 3.19. The van der Waals surface area contributed by atoms with E-state index >= 15 is 0 Å². The Hall–Kier alpha value is -1.20. The lowest BCUT2D eigenvalue weighted by atomic mass is 10.2. The van der Waals surface area contributed by atoms with Crippen LogP contribution in [-0.4, -0.2) is 53.6 Å². The molecule has 0 radical (unpaired) electrons. The number of aromatic nitrogens is 2. The maximum atomic E-state index is 6.05. The Morgan fingerprint density at radius 1 is 1.14 bits per heavy atom. The number of aryl methyl sites for hydroxylation is 2. The van der Waals surface area contributed by atoms with E-state index < -0.39 is 0 Å². The first-order valence-electron chi connectivity index (χ1n) is 8.26. The number of rotatable bonds is 4. The topological polar surface area (TPSA) is 58.3 Å². The Labute approximate surface area is 127 Å². The first-order valence-corrected chi connectivity index (χ1v) is 8.26. The lowest BCUT2D eigenvalue weighted by molar-refractivity contribution is 0.239.